The van der Waals surface area contributed by atoms with Gasteiger partial charge in [0, 0.05) is 24.0 Å². The number of ether oxygens (including phenoxy) is 1. The zero-order valence-electron chi connectivity index (χ0n) is 14.3. The predicted octanol–water partition coefficient (Wildman–Crippen LogP) is 2.31. The van der Waals surface area contributed by atoms with Crippen LogP contribution < -0.4 is 10.1 Å². The highest BCUT2D eigenvalue weighted by molar-refractivity contribution is 6.03. The summed E-state index contributed by atoms with van der Waals surface area (Å²) in [7, 11) is 1.59. The highest BCUT2D eigenvalue weighted by Crippen LogP contribution is 2.28. The van der Waals surface area contributed by atoms with Crippen molar-refractivity contribution in [2.75, 3.05) is 12.4 Å². The Morgan fingerprint density at radius 3 is 2.93 bits per heavy atom. The molecule has 0 atom stereocenters. The monoisotopic (exact) mass is 361 g/mol. The van der Waals surface area contributed by atoms with Crippen molar-refractivity contribution in [3.63, 3.8) is 0 Å². The molecule has 9 heteroatoms. The summed E-state index contributed by atoms with van der Waals surface area (Å²) in [5, 5.41) is 9.67. The van der Waals surface area contributed by atoms with Gasteiger partial charge in [-0.25, -0.2) is 15.0 Å². The topological polar surface area (TPSA) is 111 Å². The highest BCUT2D eigenvalue weighted by Gasteiger charge is 2.14. The Hall–Kier alpha value is -4.01. The fraction of sp³-hybridized carbons (Fsp3) is 0.0556. The number of aromatic nitrogens is 6. The number of hydrogen-bond acceptors (Lipinski definition) is 6. The standard InChI is InChI=1S/C18H15N7O2/c1-27-15-5-3-2-4-12(15)13-8-14(24-23-13)18(26)22-16-9-17(21-10-20-16)25-7-6-19-11-25/h2-11H,1H3,(H,23,24)(H,20,21,22,26). The van der Waals surface area contributed by atoms with E-state index in [-0.39, 0.29) is 5.91 Å². The van der Waals surface area contributed by atoms with Gasteiger partial charge in [0.25, 0.3) is 5.91 Å². The lowest BCUT2D eigenvalue weighted by molar-refractivity contribution is 0.102. The lowest BCUT2D eigenvalue weighted by Crippen LogP contribution is -2.14. The molecule has 0 unspecified atom stereocenters. The molecule has 0 aliphatic carbocycles. The van der Waals surface area contributed by atoms with E-state index < -0.39 is 0 Å². The van der Waals surface area contributed by atoms with E-state index in [2.05, 4.69) is 30.5 Å². The second-order valence-electron chi connectivity index (χ2n) is 5.55. The smallest absolute Gasteiger partial charge is 0.274 e. The first kappa shape index (κ1) is 16.5. The average molecular weight is 361 g/mol. The van der Waals surface area contributed by atoms with E-state index in [9.17, 15) is 4.79 Å². The molecule has 27 heavy (non-hydrogen) atoms. The van der Waals surface area contributed by atoms with Crippen molar-refractivity contribution in [2.24, 2.45) is 0 Å². The van der Waals surface area contributed by atoms with Crippen LogP contribution in [0.3, 0.4) is 0 Å². The van der Waals surface area contributed by atoms with Crippen molar-refractivity contribution in [3.8, 4) is 22.8 Å². The molecular weight excluding hydrogens is 346 g/mol. The van der Waals surface area contributed by atoms with Crippen molar-refractivity contribution < 1.29 is 9.53 Å². The van der Waals surface area contributed by atoms with Crippen LogP contribution in [0.1, 0.15) is 10.5 Å². The third-order valence-corrected chi connectivity index (χ3v) is 3.87. The Kier molecular flexibility index (Phi) is 4.32. The fourth-order valence-electron chi connectivity index (χ4n) is 2.57. The van der Waals surface area contributed by atoms with Crippen molar-refractivity contribution in [1.82, 2.24) is 29.7 Å². The Bertz CT molecular complexity index is 1070. The number of benzene rings is 1. The number of anilines is 1. The van der Waals surface area contributed by atoms with E-state index in [4.69, 9.17) is 4.74 Å². The van der Waals surface area contributed by atoms with Gasteiger partial charge >= 0.3 is 0 Å². The van der Waals surface area contributed by atoms with Crippen LogP contribution in [-0.4, -0.2) is 42.7 Å². The third-order valence-electron chi connectivity index (χ3n) is 3.87. The third kappa shape index (κ3) is 3.38. The molecule has 4 aromatic rings. The lowest BCUT2D eigenvalue weighted by atomic mass is 10.1. The summed E-state index contributed by atoms with van der Waals surface area (Å²) in [5.41, 5.74) is 1.71. The normalized spacial score (nSPS) is 10.6. The molecule has 1 aromatic carbocycles. The maximum absolute atomic E-state index is 12.5. The molecule has 0 fully saturated rings. The number of hydrogen-bond donors (Lipinski definition) is 2. The zero-order valence-corrected chi connectivity index (χ0v) is 14.3. The van der Waals surface area contributed by atoms with Crippen LogP contribution in [0.4, 0.5) is 5.82 Å². The Morgan fingerprint density at radius 2 is 2.11 bits per heavy atom. The molecule has 2 N–H and O–H groups in total. The largest absolute Gasteiger partial charge is 0.496 e. The fourth-order valence-corrected chi connectivity index (χ4v) is 2.57. The molecule has 0 radical (unpaired) electrons. The molecule has 3 aromatic heterocycles. The van der Waals surface area contributed by atoms with Gasteiger partial charge in [0.1, 0.15) is 35.7 Å². The van der Waals surface area contributed by atoms with Gasteiger partial charge in [-0.2, -0.15) is 5.10 Å². The van der Waals surface area contributed by atoms with E-state index in [0.717, 1.165) is 5.56 Å². The van der Waals surface area contributed by atoms with Gasteiger partial charge in [0.2, 0.25) is 0 Å². The first-order chi connectivity index (χ1) is 13.2. The molecular formula is C18H15N7O2. The number of aromatic amines is 1. The number of methoxy groups -OCH3 is 1. The minimum absolute atomic E-state index is 0.304. The summed E-state index contributed by atoms with van der Waals surface area (Å²) in [6.45, 7) is 0. The number of imidazole rings is 1. The minimum atomic E-state index is -0.362. The maximum Gasteiger partial charge on any atom is 0.274 e. The number of para-hydroxylation sites is 1. The number of rotatable bonds is 5. The number of nitrogens with one attached hydrogen (secondary N) is 2. The van der Waals surface area contributed by atoms with E-state index in [0.29, 0.717) is 28.8 Å². The first-order valence-corrected chi connectivity index (χ1v) is 8.05. The predicted molar refractivity (Wildman–Crippen MR) is 97.7 cm³/mol. The van der Waals surface area contributed by atoms with Crippen LogP contribution in [0.15, 0.2) is 61.4 Å². The molecule has 4 rings (SSSR count). The van der Waals surface area contributed by atoms with Crippen LogP contribution in [-0.2, 0) is 0 Å². The molecule has 0 spiro atoms. The number of carbonyl (C=O) groups excluding carboxylic acids is 1. The minimum Gasteiger partial charge on any atom is -0.496 e. The molecule has 0 aliphatic heterocycles. The molecule has 3 heterocycles. The van der Waals surface area contributed by atoms with E-state index in [1.807, 2.05) is 24.3 Å². The molecule has 0 bridgehead atoms. The number of carbonyl (C=O) groups is 1. The zero-order chi connectivity index (χ0) is 18.6. The summed E-state index contributed by atoms with van der Waals surface area (Å²) in [6.07, 6.45) is 6.38. The van der Waals surface area contributed by atoms with Gasteiger partial charge in [0.05, 0.1) is 12.8 Å². The van der Waals surface area contributed by atoms with Crippen LogP contribution in [0.5, 0.6) is 5.75 Å². The summed E-state index contributed by atoms with van der Waals surface area (Å²) < 4.78 is 7.05. The van der Waals surface area contributed by atoms with Crippen molar-refractivity contribution in [3.05, 3.63) is 67.1 Å². The summed E-state index contributed by atoms with van der Waals surface area (Å²) in [4.78, 5) is 24.7. The second-order valence-corrected chi connectivity index (χ2v) is 5.55. The molecule has 1 amide bonds. The summed E-state index contributed by atoms with van der Waals surface area (Å²) in [6, 6.07) is 10.8. The quantitative estimate of drug-likeness (QED) is 0.564. The van der Waals surface area contributed by atoms with E-state index in [1.54, 1.807) is 42.5 Å². The Balaban J connectivity index is 1.55. The van der Waals surface area contributed by atoms with Crippen LogP contribution >= 0.6 is 0 Å². The molecule has 0 saturated heterocycles. The van der Waals surface area contributed by atoms with Gasteiger partial charge in [-0.15, -0.1) is 0 Å². The molecule has 9 nitrogen and oxygen atoms in total. The van der Waals surface area contributed by atoms with Gasteiger partial charge in [-0.05, 0) is 18.2 Å². The second kappa shape index (κ2) is 7.08. The van der Waals surface area contributed by atoms with Gasteiger partial charge in [-0.1, -0.05) is 12.1 Å². The van der Waals surface area contributed by atoms with Crippen LogP contribution in [0, 0.1) is 0 Å². The Morgan fingerprint density at radius 1 is 1.22 bits per heavy atom. The summed E-state index contributed by atoms with van der Waals surface area (Å²) >= 11 is 0. The maximum atomic E-state index is 12.5. The van der Waals surface area contributed by atoms with Gasteiger partial charge in [-0.3, -0.25) is 14.5 Å². The average Bonchev–Trinajstić information content (AvgIpc) is 3.40. The van der Waals surface area contributed by atoms with Gasteiger partial charge < -0.3 is 10.1 Å². The van der Waals surface area contributed by atoms with Crippen LogP contribution in [0.2, 0.25) is 0 Å². The highest BCUT2D eigenvalue weighted by atomic mass is 16.5. The number of H-pyrrole nitrogens is 1. The SMILES string of the molecule is COc1ccccc1-c1cc(C(=O)Nc2cc(-n3ccnc3)ncn2)[nH]n1. The molecule has 0 aliphatic rings. The number of amides is 1. The summed E-state index contributed by atoms with van der Waals surface area (Å²) in [5.74, 6) is 1.28. The van der Waals surface area contributed by atoms with Crippen LogP contribution in [0.25, 0.3) is 17.1 Å². The number of nitrogens with zero attached hydrogens (tertiary/aromatic N) is 5. The molecule has 0 saturated carbocycles. The molecule has 134 valence electrons. The van der Waals surface area contributed by atoms with E-state index >= 15 is 0 Å². The first-order valence-electron chi connectivity index (χ1n) is 8.05. The lowest BCUT2D eigenvalue weighted by Gasteiger charge is -2.05. The van der Waals surface area contributed by atoms with Crippen molar-refractivity contribution >= 4 is 11.7 Å². The van der Waals surface area contributed by atoms with Crippen molar-refractivity contribution in [2.45, 2.75) is 0 Å². The van der Waals surface area contributed by atoms with Crippen molar-refractivity contribution in [1.29, 1.82) is 0 Å². The Labute approximate surface area is 154 Å². The van der Waals surface area contributed by atoms with Gasteiger partial charge in [0.15, 0.2) is 0 Å². The van der Waals surface area contributed by atoms with E-state index in [1.165, 1.54) is 6.33 Å².